The number of hydrogen-bond donors (Lipinski definition) is 1. The fourth-order valence-electron chi connectivity index (χ4n) is 6.19. The van der Waals surface area contributed by atoms with E-state index in [-0.39, 0.29) is 24.1 Å². The Morgan fingerprint density at radius 1 is 0.957 bits per heavy atom. The number of halogens is 4. The Labute approximate surface area is 268 Å². The number of hydrogen-bond acceptors (Lipinski definition) is 6. The Morgan fingerprint density at radius 2 is 1.61 bits per heavy atom. The van der Waals surface area contributed by atoms with Crippen molar-refractivity contribution in [2.24, 2.45) is 11.8 Å². The summed E-state index contributed by atoms with van der Waals surface area (Å²) in [6.45, 7) is 11.0. The van der Waals surface area contributed by atoms with Gasteiger partial charge in [0.15, 0.2) is 6.10 Å². The molecule has 3 aromatic rings. The molecule has 2 aliphatic rings. The van der Waals surface area contributed by atoms with Gasteiger partial charge in [-0.2, -0.15) is 13.2 Å². The third-order valence-corrected chi connectivity index (χ3v) is 8.68. The summed E-state index contributed by atoms with van der Waals surface area (Å²) in [4.78, 5) is 14.6. The van der Waals surface area contributed by atoms with E-state index in [4.69, 9.17) is 14.2 Å². The molecule has 10 heteroatoms. The molecule has 3 aromatic carbocycles. The number of carbonyl (C=O) groups is 1. The number of benzene rings is 3. The molecule has 0 bridgehead atoms. The molecule has 4 atom stereocenters. The average molecular weight is 643 g/mol. The number of ether oxygens (including phenoxy) is 3. The second-order valence-electron chi connectivity index (χ2n) is 13.1. The van der Waals surface area contributed by atoms with E-state index in [1.165, 1.54) is 5.56 Å². The predicted octanol–water partition coefficient (Wildman–Crippen LogP) is 6.79. The molecule has 0 spiro atoms. The second kappa shape index (κ2) is 14.0. The van der Waals surface area contributed by atoms with E-state index in [1.807, 2.05) is 53.4 Å². The first-order valence-electron chi connectivity index (χ1n) is 15.8. The van der Waals surface area contributed by atoms with Crippen molar-refractivity contribution in [3.63, 3.8) is 0 Å². The number of esters is 1. The van der Waals surface area contributed by atoms with Gasteiger partial charge >= 0.3 is 12.1 Å². The fourth-order valence-corrected chi connectivity index (χ4v) is 6.19. The van der Waals surface area contributed by atoms with Crippen molar-refractivity contribution in [1.29, 1.82) is 0 Å². The van der Waals surface area contributed by atoms with Gasteiger partial charge in [-0.3, -0.25) is 4.90 Å². The standard InChI is InChI=1S/C36H42F4N2O4/c1-5-44-34(43)32(46-28-13-8-25(9-14-28)35(2,3)4)18-23-6-11-27(12-7-23)45-17-16-41-33-29-21-42(22-30(29)33)20-24-19-26(37)10-15-31(24)36(38,39)40/h6-15,19,29-30,32-33,41H,5,16-18,20-22H2,1-4H3/t29-,30+,32-,33?/m0/s1. The number of fused-ring (bicyclic) bond motifs is 1. The molecular weight excluding hydrogens is 600 g/mol. The Balaban J connectivity index is 1.05. The summed E-state index contributed by atoms with van der Waals surface area (Å²) in [5.41, 5.74) is 1.30. The molecule has 1 unspecified atom stereocenters. The van der Waals surface area contributed by atoms with Crippen LogP contribution in [0, 0.1) is 17.7 Å². The molecule has 2 fully saturated rings. The molecular formula is C36H42F4N2O4. The quantitative estimate of drug-likeness (QED) is 0.126. The van der Waals surface area contributed by atoms with Gasteiger partial charge in [0.1, 0.15) is 23.9 Å². The average Bonchev–Trinajstić information content (AvgIpc) is 3.44. The van der Waals surface area contributed by atoms with Crippen LogP contribution in [0.25, 0.3) is 0 Å². The Hall–Kier alpha value is -3.63. The fraction of sp³-hybridized carbons (Fsp3) is 0.472. The maximum atomic E-state index is 13.7. The number of carbonyl (C=O) groups excluding carboxylic acids is 1. The first-order chi connectivity index (χ1) is 21.8. The zero-order valence-electron chi connectivity index (χ0n) is 26.7. The van der Waals surface area contributed by atoms with Crippen LogP contribution in [0.2, 0.25) is 0 Å². The lowest BCUT2D eigenvalue weighted by molar-refractivity contribution is -0.151. The van der Waals surface area contributed by atoms with E-state index >= 15 is 0 Å². The van der Waals surface area contributed by atoms with Crippen molar-refractivity contribution in [2.45, 2.75) is 64.4 Å². The first kappa shape index (κ1) is 33.7. The zero-order chi connectivity index (χ0) is 33.1. The van der Waals surface area contributed by atoms with Crippen LogP contribution in [0.3, 0.4) is 0 Å². The van der Waals surface area contributed by atoms with Gasteiger partial charge in [-0.15, -0.1) is 0 Å². The van der Waals surface area contributed by atoms with Gasteiger partial charge in [0.25, 0.3) is 0 Å². The van der Waals surface area contributed by atoms with Crippen LogP contribution in [0.1, 0.15) is 49.9 Å². The highest BCUT2D eigenvalue weighted by Gasteiger charge is 2.55. The molecule has 0 amide bonds. The lowest BCUT2D eigenvalue weighted by Gasteiger charge is -2.22. The van der Waals surface area contributed by atoms with E-state index in [1.54, 1.807) is 6.92 Å². The van der Waals surface area contributed by atoms with Gasteiger partial charge < -0.3 is 19.5 Å². The van der Waals surface area contributed by atoms with E-state index in [9.17, 15) is 22.4 Å². The topological polar surface area (TPSA) is 60.0 Å². The van der Waals surface area contributed by atoms with Crippen LogP contribution in [0.15, 0.2) is 66.7 Å². The third kappa shape index (κ3) is 8.59. The SMILES string of the molecule is CCOC(=O)[C@H](Cc1ccc(OCCNC2[C@H]3CN(Cc4cc(F)ccc4C(F)(F)F)C[C@@H]23)cc1)Oc1ccc(C(C)(C)C)cc1. The van der Waals surface area contributed by atoms with Crippen molar-refractivity contribution >= 4 is 5.97 Å². The zero-order valence-corrected chi connectivity index (χ0v) is 26.7. The maximum Gasteiger partial charge on any atom is 0.416 e. The Bertz CT molecular complexity index is 1460. The van der Waals surface area contributed by atoms with Crippen LogP contribution >= 0.6 is 0 Å². The van der Waals surface area contributed by atoms with Crippen LogP contribution in [0.5, 0.6) is 11.5 Å². The van der Waals surface area contributed by atoms with Crippen LogP contribution in [-0.2, 0) is 34.1 Å². The molecule has 1 heterocycles. The summed E-state index contributed by atoms with van der Waals surface area (Å²) in [7, 11) is 0. The smallest absolute Gasteiger partial charge is 0.416 e. The third-order valence-electron chi connectivity index (χ3n) is 8.68. The van der Waals surface area contributed by atoms with E-state index in [0.717, 1.165) is 23.8 Å². The van der Waals surface area contributed by atoms with E-state index in [0.29, 0.717) is 62.0 Å². The number of rotatable bonds is 13. The minimum Gasteiger partial charge on any atom is -0.492 e. The minimum atomic E-state index is -4.51. The van der Waals surface area contributed by atoms with Gasteiger partial charge in [0.2, 0.25) is 0 Å². The summed E-state index contributed by atoms with van der Waals surface area (Å²) in [5.74, 6) is 0.972. The van der Waals surface area contributed by atoms with E-state index < -0.39 is 29.6 Å². The monoisotopic (exact) mass is 642 g/mol. The molecule has 6 nitrogen and oxygen atoms in total. The van der Waals surface area contributed by atoms with Gasteiger partial charge in [0.05, 0.1) is 12.2 Å². The number of nitrogens with zero attached hydrogens (tertiary/aromatic N) is 1. The molecule has 1 saturated carbocycles. The minimum absolute atomic E-state index is 0.0140. The number of likely N-dealkylation sites (tertiary alicyclic amines) is 1. The highest BCUT2D eigenvalue weighted by molar-refractivity contribution is 5.75. The molecule has 1 aliphatic carbocycles. The van der Waals surface area contributed by atoms with Crippen molar-refractivity contribution < 1.29 is 36.6 Å². The molecule has 1 N–H and O–H groups in total. The van der Waals surface area contributed by atoms with Gasteiger partial charge in [-0.05, 0) is 83.3 Å². The predicted molar refractivity (Wildman–Crippen MR) is 167 cm³/mol. The normalized spacial score (nSPS) is 20.2. The van der Waals surface area contributed by atoms with Crippen molar-refractivity contribution in [1.82, 2.24) is 10.2 Å². The van der Waals surface area contributed by atoms with E-state index in [2.05, 4.69) is 26.1 Å². The first-order valence-corrected chi connectivity index (χ1v) is 15.8. The molecule has 1 saturated heterocycles. The van der Waals surface area contributed by atoms with Gasteiger partial charge in [-0.25, -0.2) is 9.18 Å². The molecule has 0 radical (unpaired) electrons. The molecule has 46 heavy (non-hydrogen) atoms. The molecule has 248 valence electrons. The van der Waals surface area contributed by atoms with Crippen LogP contribution in [-0.4, -0.2) is 55.9 Å². The second-order valence-corrected chi connectivity index (χ2v) is 13.1. The summed E-state index contributed by atoms with van der Waals surface area (Å²) >= 11 is 0. The lowest BCUT2D eigenvalue weighted by atomic mass is 9.87. The largest absolute Gasteiger partial charge is 0.492 e. The Morgan fingerprint density at radius 3 is 2.22 bits per heavy atom. The van der Waals surface area contributed by atoms with Crippen molar-refractivity contribution in [3.05, 3.63) is 94.8 Å². The van der Waals surface area contributed by atoms with Crippen LogP contribution < -0.4 is 14.8 Å². The molecule has 1 aliphatic heterocycles. The maximum absolute atomic E-state index is 13.7. The van der Waals surface area contributed by atoms with Gasteiger partial charge in [-0.1, -0.05) is 45.0 Å². The van der Waals surface area contributed by atoms with Crippen molar-refractivity contribution in [3.8, 4) is 11.5 Å². The lowest BCUT2D eigenvalue weighted by Crippen LogP contribution is -2.33. The summed E-state index contributed by atoms with van der Waals surface area (Å²) in [6.07, 6.45) is -4.94. The van der Waals surface area contributed by atoms with Gasteiger partial charge in [0, 0.05) is 38.6 Å². The Kier molecular flexibility index (Phi) is 10.3. The van der Waals surface area contributed by atoms with Crippen molar-refractivity contribution in [2.75, 3.05) is 32.8 Å². The molecule has 0 aromatic heterocycles. The summed E-state index contributed by atoms with van der Waals surface area (Å²) in [6, 6.07) is 18.3. The highest BCUT2D eigenvalue weighted by Crippen LogP contribution is 2.46. The summed E-state index contributed by atoms with van der Waals surface area (Å²) < 4.78 is 70.9. The highest BCUT2D eigenvalue weighted by atomic mass is 19.4. The van der Waals surface area contributed by atoms with Crippen LogP contribution in [0.4, 0.5) is 17.6 Å². The number of piperidine rings is 1. The summed E-state index contributed by atoms with van der Waals surface area (Å²) in [5, 5.41) is 3.50. The molecule has 5 rings (SSSR count). The number of alkyl halides is 3. The number of nitrogens with one attached hydrogen (secondary N) is 1.